The third-order valence-electron chi connectivity index (χ3n) is 6.20. The van der Waals surface area contributed by atoms with Crippen LogP contribution in [-0.4, -0.2) is 25.5 Å². The normalized spacial score (nSPS) is 20.5. The molecular formula is C27H29NO4. The Morgan fingerprint density at radius 3 is 2.50 bits per heavy atom. The van der Waals surface area contributed by atoms with Gasteiger partial charge in [-0.3, -0.25) is 4.79 Å². The molecule has 4 rings (SSSR count). The summed E-state index contributed by atoms with van der Waals surface area (Å²) >= 11 is 0. The molecule has 5 nitrogen and oxygen atoms in total. The van der Waals surface area contributed by atoms with Crippen LogP contribution in [0.5, 0.6) is 5.75 Å². The number of carbonyl (C=O) groups is 2. The molecule has 32 heavy (non-hydrogen) atoms. The van der Waals surface area contributed by atoms with Gasteiger partial charge in [-0.15, -0.1) is 0 Å². The number of allylic oxidation sites excluding steroid dienone is 3. The average Bonchev–Trinajstić information content (AvgIpc) is 2.82. The summed E-state index contributed by atoms with van der Waals surface area (Å²) in [5.41, 5.74) is 4.68. The Balaban J connectivity index is 1.83. The number of ether oxygens (including phenoxy) is 2. The third-order valence-corrected chi connectivity index (χ3v) is 6.20. The summed E-state index contributed by atoms with van der Waals surface area (Å²) in [4.78, 5) is 26.4. The quantitative estimate of drug-likeness (QED) is 0.652. The van der Waals surface area contributed by atoms with Crippen molar-refractivity contribution in [2.45, 2.75) is 44.9 Å². The zero-order valence-electron chi connectivity index (χ0n) is 18.8. The lowest BCUT2D eigenvalue weighted by Gasteiger charge is -2.37. The molecule has 0 amide bonds. The number of rotatable bonds is 6. The fourth-order valence-corrected chi connectivity index (χ4v) is 4.75. The van der Waals surface area contributed by atoms with Gasteiger partial charge in [0.05, 0.1) is 25.2 Å². The zero-order chi connectivity index (χ0) is 22.7. The molecule has 0 fully saturated rings. The highest BCUT2D eigenvalue weighted by atomic mass is 16.5. The van der Waals surface area contributed by atoms with E-state index in [1.165, 1.54) is 7.11 Å². The van der Waals surface area contributed by atoms with Crippen molar-refractivity contribution in [3.63, 3.8) is 0 Å². The van der Waals surface area contributed by atoms with Crippen LogP contribution in [0, 0.1) is 0 Å². The van der Waals surface area contributed by atoms with E-state index in [1.807, 2.05) is 56.3 Å². The van der Waals surface area contributed by atoms with Crippen LogP contribution in [0.15, 0.2) is 77.1 Å². The number of hydrogen-bond donors (Lipinski definition) is 1. The number of nitrogens with one attached hydrogen (secondary N) is 1. The van der Waals surface area contributed by atoms with Gasteiger partial charge < -0.3 is 14.8 Å². The lowest BCUT2D eigenvalue weighted by Crippen LogP contribution is -2.36. The molecule has 1 aliphatic carbocycles. The van der Waals surface area contributed by atoms with Crippen LogP contribution in [0.3, 0.4) is 0 Å². The first-order valence-corrected chi connectivity index (χ1v) is 11.1. The second-order valence-electron chi connectivity index (χ2n) is 8.31. The molecule has 2 unspecified atom stereocenters. The summed E-state index contributed by atoms with van der Waals surface area (Å²) in [6.45, 7) is 4.48. The second-order valence-corrected chi connectivity index (χ2v) is 8.31. The molecule has 1 aliphatic heterocycles. The second kappa shape index (κ2) is 9.43. The topological polar surface area (TPSA) is 64.6 Å². The summed E-state index contributed by atoms with van der Waals surface area (Å²) in [5.74, 6) is -0.0995. The maximum absolute atomic E-state index is 13.6. The van der Waals surface area contributed by atoms with Crippen LogP contribution in [-0.2, 0) is 14.3 Å². The zero-order valence-corrected chi connectivity index (χ0v) is 18.8. The van der Waals surface area contributed by atoms with Gasteiger partial charge in [-0.25, -0.2) is 4.79 Å². The van der Waals surface area contributed by atoms with Crippen molar-refractivity contribution in [1.82, 2.24) is 5.32 Å². The molecule has 1 N–H and O–H groups in total. The molecule has 166 valence electrons. The Labute approximate surface area is 189 Å². The predicted octanol–water partition coefficient (Wildman–Crippen LogP) is 5.01. The molecule has 0 saturated carbocycles. The van der Waals surface area contributed by atoms with Gasteiger partial charge in [0.25, 0.3) is 0 Å². The van der Waals surface area contributed by atoms with E-state index in [2.05, 4.69) is 17.4 Å². The van der Waals surface area contributed by atoms with E-state index in [-0.39, 0.29) is 11.7 Å². The van der Waals surface area contributed by atoms with Gasteiger partial charge in [-0.05, 0) is 37.3 Å². The molecule has 2 aromatic carbocycles. The van der Waals surface area contributed by atoms with Crippen molar-refractivity contribution in [3.8, 4) is 5.75 Å². The first-order valence-electron chi connectivity index (χ1n) is 11.1. The molecular weight excluding hydrogens is 402 g/mol. The Hall–Kier alpha value is -3.34. The average molecular weight is 432 g/mol. The van der Waals surface area contributed by atoms with Crippen molar-refractivity contribution in [1.29, 1.82) is 0 Å². The number of esters is 1. The number of methoxy groups -OCH3 is 1. The first-order chi connectivity index (χ1) is 15.5. The number of benzene rings is 2. The summed E-state index contributed by atoms with van der Waals surface area (Å²) in [7, 11) is 1.37. The number of ketones is 1. The van der Waals surface area contributed by atoms with Crippen molar-refractivity contribution in [2.75, 3.05) is 13.7 Å². The monoisotopic (exact) mass is 431 g/mol. The highest BCUT2D eigenvalue weighted by Crippen LogP contribution is 2.47. The van der Waals surface area contributed by atoms with E-state index in [0.717, 1.165) is 23.2 Å². The minimum atomic E-state index is -0.518. The Kier molecular flexibility index (Phi) is 6.45. The molecule has 2 aliphatic rings. The van der Waals surface area contributed by atoms with Crippen LogP contribution in [0.4, 0.5) is 0 Å². The van der Waals surface area contributed by atoms with E-state index in [4.69, 9.17) is 9.47 Å². The Bertz CT molecular complexity index is 1080. The van der Waals surface area contributed by atoms with Gasteiger partial charge in [-0.1, -0.05) is 55.5 Å². The number of Topliss-reactive ketones (excluding diaryl/α,β-unsaturated/α-hetero) is 1. The van der Waals surface area contributed by atoms with Crippen molar-refractivity contribution < 1.29 is 19.1 Å². The first kappa shape index (κ1) is 21.9. The number of hydrogen-bond acceptors (Lipinski definition) is 5. The molecule has 2 atom stereocenters. The highest BCUT2D eigenvalue weighted by Gasteiger charge is 2.42. The summed E-state index contributed by atoms with van der Waals surface area (Å²) < 4.78 is 11.1. The lowest BCUT2D eigenvalue weighted by atomic mass is 9.71. The smallest absolute Gasteiger partial charge is 0.336 e. The standard InChI is InChI=1S/C27H29NO4/c1-4-14-32-23-13-9-8-12-20(23)25-24(27(30)31-3)17(2)28-21-15-19(16-22(29)26(21)25)18-10-6-5-7-11-18/h5-13,19,25,28H,4,14-16H2,1-3H3. The van der Waals surface area contributed by atoms with Crippen molar-refractivity contribution in [2.24, 2.45) is 0 Å². The van der Waals surface area contributed by atoms with Gasteiger partial charge in [0, 0.05) is 29.0 Å². The van der Waals surface area contributed by atoms with Gasteiger partial charge in [0.2, 0.25) is 0 Å². The van der Waals surface area contributed by atoms with Crippen LogP contribution in [0.25, 0.3) is 0 Å². The summed E-state index contributed by atoms with van der Waals surface area (Å²) in [6, 6.07) is 17.8. The molecule has 0 radical (unpaired) electrons. The number of carbonyl (C=O) groups excluding carboxylic acids is 2. The van der Waals surface area contributed by atoms with Gasteiger partial charge in [-0.2, -0.15) is 0 Å². The maximum Gasteiger partial charge on any atom is 0.336 e. The number of para-hydroxylation sites is 1. The molecule has 5 heteroatoms. The van der Waals surface area contributed by atoms with E-state index in [0.29, 0.717) is 42.0 Å². The predicted molar refractivity (Wildman–Crippen MR) is 123 cm³/mol. The largest absolute Gasteiger partial charge is 0.493 e. The highest BCUT2D eigenvalue weighted by molar-refractivity contribution is 6.04. The van der Waals surface area contributed by atoms with E-state index in [1.54, 1.807) is 0 Å². The van der Waals surface area contributed by atoms with Crippen LogP contribution in [0.2, 0.25) is 0 Å². The fraction of sp³-hybridized carbons (Fsp3) is 0.333. The minimum absolute atomic E-state index is 0.0526. The Morgan fingerprint density at radius 2 is 1.78 bits per heavy atom. The van der Waals surface area contributed by atoms with E-state index >= 15 is 0 Å². The van der Waals surface area contributed by atoms with Crippen molar-refractivity contribution in [3.05, 3.63) is 88.3 Å². The molecule has 1 heterocycles. The molecule has 0 aromatic heterocycles. The summed E-state index contributed by atoms with van der Waals surface area (Å²) in [5, 5.41) is 3.37. The van der Waals surface area contributed by atoms with Crippen LogP contribution in [0.1, 0.15) is 56.1 Å². The van der Waals surface area contributed by atoms with Gasteiger partial charge in [0.1, 0.15) is 5.75 Å². The Morgan fingerprint density at radius 1 is 1.06 bits per heavy atom. The maximum atomic E-state index is 13.6. The van der Waals surface area contributed by atoms with Crippen molar-refractivity contribution >= 4 is 11.8 Å². The summed E-state index contributed by atoms with van der Waals surface area (Å²) in [6.07, 6.45) is 1.99. The minimum Gasteiger partial charge on any atom is -0.493 e. The molecule has 0 spiro atoms. The molecule has 0 saturated heterocycles. The van der Waals surface area contributed by atoms with E-state index < -0.39 is 11.9 Å². The van der Waals surface area contributed by atoms with Crippen LogP contribution >= 0.6 is 0 Å². The lowest BCUT2D eigenvalue weighted by molar-refractivity contribution is -0.136. The van der Waals surface area contributed by atoms with Gasteiger partial charge in [0.15, 0.2) is 5.78 Å². The van der Waals surface area contributed by atoms with Crippen LogP contribution < -0.4 is 10.1 Å². The molecule has 2 aromatic rings. The third kappa shape index (κ3) is 4.07. The number of dihydropyridines is 1. The molecule has 0 bridgehead atoms. The van der Waals surface area contributed by atoms with Gasteiger partial charge >= 0.3 is 5.97 Å². The SMILES string of the molecule is CCCOc1ccccc1C1C(C(=O)OC)=C(C)NC2=C1C(=O)CC(c1ccccc1)C2. The van der Waals surface area contributed by atoms with E-state index in [9.17, 15) is 9.59 Å². The fourth-order valence-electron chi connectivity index (χ4n) is 4.75.